The van der Waals surface area contributed by atoms with Crippen molar-refractivity contribution in [2.75, 3.05) is 7.05 Å². The van der Waals surface area contributed by atoms with Gasteiger partial charge in [0.15, 0.2) is 0 Å². The number of allylic oxidation sites excluding steroid dienone is 3. The molecule has 0 heterocycles. The van der Waals surface area contributed by atoms with E-state index in [0.717, 1.165) is 11.3 Å². The van der Waals surface area contributed by atoms with Gasteiger partial charge in [0, 0.05) is 18.7 Å². The molecule has 0 amide bonds. The van der Waals surface area contributed by atoms with Gasteiger partial charge in [0.2, 0.25) is 0 Å². The number of nitrogens with zero attached hydrogens (tertiary/aromatic N) is 1. The molecule has 0 bridgehead atoms. The lowest BCUT2D eigenvalue weighted by Crippen LogP contribution is -2.13. The molecule has 0 atom stereocenters. The largest absolute Gasteiger partial charge is 0.289 e. The molecule has 62 valence electrons. The minimum atomic E-state index is 0.571. The fourth-order valence-corrected chi connectivity index (χ4v) is 1.11. The molecule has 0 radical (unpaired) electrons. The smallest absolute Gasteiger partial charge is 0.0438 e. The van der Waals surface area contributed by atoms with Gasteiger partial charge < -0.3 is 0 Å². The highest BCUT2D eigenvalue weighted by molar-refractivity contribution is 5.21. The molecule has 0 spiro atoms. The molecule has 0 unspecified atom stereocenters. The van der Waals surface area contributed by atoms with Gasteiger partial charge in [-0.05, 0) is 25.8 Å². The molecule has 1 aliphatic carbocycles. The van der Waals surface area contributed by atoms with Gasteiger partial charge in [0.1, 0.15) is 0 Å². The molecule has 11 heavy (non-hydrogen) atoms. The first-order valence-electron chi connectivity index (χ1n) is 3.91. The van der Waals surface area contributed by atoms with E-state index in [1.807, 2.05) is 13.0 Å². The molecule has 0 saturated heterocycles. The Morgan fingerprint density at radius 2 is 2.18 bits per heavy atom. The van der Waals surface area contributed by atoms with E-state index in [2.05, 4.69) is 6.58 Å². The zero-order chi connectivity index (χ0) is 8.43. The van der Waals surface area contributed by atoms with Crippen LogP contribution in [0.1, 0.15) is 19.8 Å². The zero-order valence-electron chi connectivity index (χ0n) is 7.17. The van der Waals surface area contributed by atoms with Gasteiger partial charge in [-0.1, -0.05) is 12.2 Å². The van der Waals surface area contributed by atoms with Crippen LogP contribution in [0.2, 0.25) is 0 Å². The number of hydrogen-bond acceptors (Lipinski definition) is 2. The fourth-order valence-electron chi connectivity index (χ4n) is 1.11. The minimum Gasteiger partial charge on any atom is -0.289 e. The third-order valence-corrected chi connectivity index (χ3v) is 1.76. The van der Waals surface area contributed by atoms with E-state index in [9.17, 15) is 5.21 Å². The van der Waals surface area contributed by atoms with Gasteiger partial charge in [-0.3, -0.25) is 10.3 Å². The van der Waals surface area contributed by atoms with E-state index >= 15 is 0 Å². The number of hydroxylamine groups is 2. The molecule has 2 heteroatoms. The van der Waals surface area contributed by atoms with Crippen molar-refractivity contribution in [2.45, 2.75) is 19.8 Å². The molecule has 0 aromatic heterocycles. The maximum absolute atomic E-state index is 9.20. The lowest BCUT2D eigenvalue weighted by Gasteiger charge is -2.14. The van der Waals surface area contributed by atoms with Crippen LogP contribution < -0.4 is 0 Å². The summed E-state index contributed by atoms with van der Waals surface area (Å²) in [7, 11) is 1.66. The van der Waals surface area contributed by atoms with Crippen molar-refractivity contribution in [3.05, 3.63) is 23.9 Å². The Kier molecular flexibility index (Phi) is 2.35. The van der Waals surface area contributed by atoms with Gasteiger partial charge in [-0.15, -0.1) is 0 Å². The molecule has 0 aromatic carbocycles. The van der Waals surface area contributed by atoms with E-state index in [-0.39, 0.29) is 0 Å². The monoisotopic (exact) mass is 153 g/mol. The second-order valence-electron chi connectivity index (χ2n) is 3.21. The van der Waals surface area contributed by atoms with E-state index in [1.54, 1.807) is 7.05 Å². The zero-order valence-corrected chi connectivity index (χ0v) is 7.17. The Bertz CT molecular complexity index is 186. The van der Waals surface area contributed by atoms with Crippen molar-refractivity contribution in [3.63, 3.8) is 0 Å². The van der Waals surface area contributed by atoms with Crippen LogP contribution in [0.5, 0.6) is 0 Å². The molecule has 0 aliphatic heterocycles. The van der Waals surface area contributed by atoms with Gasteiger partial charge in [0.05, 0.1) is 0 Å². The molecular weight excluding hydrogens is 138 g/mol. The molecular formula is C9H15NO. The van der Waals surface area contributed by atoms with E-state index in [0.29, 0.717) is 5.92 Å². The Hall–Kier alpha value is -0.760. The van der Waals surface area contributed by atoms with Crippen molar-refractivity contribution in [1.29, 1.82) is 0 Å². The highest BCUT2D eigenvalue weighted by Crippen LogP contribution is 2.37. The maximum Gasteiger partial charge on any atom is 0.0438 e. The second-order valence-corrected chi connectivity index (χ2v) is 3.21. The van der Waals surface area contributed by atoms with Gasteiger partial charge in [0.25, 0.3) is 0 Å². The summed E-state index contributed by atoms with van der Waals surface area (Å²) >= 11 is 0. The molecule has 0 aromatic rings. The second kappa shape index (κ2) is 3.09. The van der Waals surface area contributed by atoms with Gasteiger partial charge >= 0.3 is 0 Å². The normalized spacial score (nSPS) is 18.3. The Labute approximate surface area is 67.8 Å². The minimum absolute atomic E-state index is 0.571. The SMILES string of the molecule is C=C(C)/C=C(/C1CC1)N(C)O. The summed E-state index contributed by atoms with van der Waals surface area (Å²) in [6.07, 6.45) is 4.34. The third kappa shape index (κ3) is 2.39. The fraction of sp³-hybridized carbons (Fsp3) is 0.556. The van der Waals surface area contributed by atoms with Crippen molar-refractivity contribution in [1.82, 2.24) is 5.06 Å². The summed E-state index contributed by atoms with van der Waals surface area (Å²) < 4.78 is 0. The van der Waals surface area contributed by atoms with E-state index in [4.69, 9.17) is 0 Å². The quantitative estimate of drug-likeness (QED) is 0.496. The van der Waals surface area contributed by atoms with Crippen molar-refractivity contribution in [3.8, 4) is 0 Å². The first-order chi connectivity index (χ1) is 5.11. The topological polar surface area (TPSA) is 23.5 Å². The van der Waals surface area contributed by atoms with Crippen LogP contribution in [0, 0.1) is 5.92 Å². The highest BCUT2D eigenvalue weighted by atomic mass is 16.5. The lowest BCUT2D eigenvalue weighted by atomic mass is 10.2. The predicted octanol–water partition coefficient (Wildman–Crippen LogP) is 2.18. The van der Waals surface area contributed by atoms with Crippen LogP contribution in [0.25, 0.3) is 0 Å². The van der Waals surface area contributed by atoms with E-state index in [1.165, 1.54) is 17.9 Å². The Balaban J connectivity index is 2.65. The first kappa shape index (κ1) is 8.34. The predicted molar refractivity (Wildman–Crippen MR) is 45.2 cm³/mol. The summed E-state index contributed by atoms with van der Waals surface area (Å²) in [4.78, 5) is 0. The molecule has 1 fully saturated rings. The summed E-state index contributed by atoms with van der Waals surface area (Å²) in [5, 5.41) is 10.4. The molecule has 1 aliphatic rings. The van der Waals surface area contributed by atoms with Crippen LogP contribution >= 0.6 is 0 Å². The summed E-state index contributed by atoms with van der Waals surface area (Å²) in [6.45, 7) is 5.71. The molecule has 1 N–H and O–H groups in total. The van der Waals surface area contributed by atoms with Crippen molar-refractivity contribution < 1.29 is 5.21 Å². The molecule has 1 saturated carbocycles. The van der Waals surface area contributed by atoms with Crippen LogP contribution in [-0.4, -0.2) is 17.3 Å². The van der Waals surface area contributed by atoms with Crippen molar-refractivity contribution >= 4 is 0 Å². The van der Waals surface area contributed by atoms with E-state index < -0.39 is 0 Å². The maximum atomic E-state index is 9.20. The number of rotatable bonds is 3. The standard InChI is InChI=1S/C9H15NO/c1-7(2)6-9(10(3)11)8-4-5-8/h6,8,11H,1,4-5H2,2-3H3/b9-6-. The summed E-state index contributed by atoms with van der Waals surface area (Å²) in [5.41, 5.74) is 1.99. The average Bonchev–Trinajstić information content (AvgIpc) is 2.63. The van der Waals surface area contributed by atoms with Crippen molar-refractivity contribution in [2.24, 2.45) is 5.92 Å². The van der Waals surface area contributed by atoms with Crippen LogP contribution in [-0.2, 0) is 0 Å². The molecule has 1 rings (SSSR count). The van der Waals surface area contributed by atoms with Gasteiger partial charge in [-0.25, -0.2) is 0 Å². The Morgan fingerprint density at radius 1 is 1.64 bits per heavy atom. The summed E-state index contributed by atoms with van der Waals surface area (Å²) in [6, 6.07) is 0. The Morgan fingerprint density at radius 3 is 2.45 bits per heavy atom. The highest BCUT2D eigenvalue weighted by Gasteiger charge is 2.27. The first-order valence-corrected chi connectivity index (χ1v) is 3.91. The third-order valence-electron chi connectivity index (χ3n) is 1.76. The average molecular weight is 153 g/mol. The van der Waals surface area contributed by atoms with Crippen LogP contribution in [0.15, 0.2) is 23.9 Å². The van der Waals surface area contributed by atoms with Crippen LogP contribution in [0.3, 0.4) is 0 Å². The lowest BCUT2D eigenvalue weighted by molar-refractivity contribution is -0.0335. The van der Waals surface area contributed by atoms with Crippen LogP contribution in [0.4, 0.5) is 0 Å². The number of hydrogen-bond donors (Lipinski definition) is 1. The molecule has 2 nitrogen and oxygen atoms in total. The van der Waals surface area contributed by atoms with Gasteiger partial charge in [-0.2, -0.15) is 0 Å². The summed E-state index contributed by atoms with van der Waals surface area (Å²) in [5.74, 6) is 0.571.